The molecule has 3 aromatic rings. The molecular weight excluding hydrogens is 448 g/mol. The lowest BCUT2D eigenvalue weighted by molar-refractivity contribution is 0.0552. The summed E-state index contributed by atoms with van der Waals surface area (Å²) in [6.07, 6.45) is 1.24. The third-order valence-electron chi connectivity index (χ3n) is 6.57. The number of methoxy groups -OCH3 is 1. The summed E-state index contributed by atoms with van der Waals surface area (Å²) < 4.78 is 13.6. The van der Waals surface area contributed by atoms with Crippen LogP contribution < -0.4 is 20.5 Å². The number of benzene rings is 2. The van der Waals surface area contributed by atoms with Crippen molar-refractivity contribution in [2.75, 3.05) is 39.9 Å². The molecule has 1 aromatic heterocycles. The number of nitrogens with one attached hydrogen (secondary N) is 1. The molecule has 9 heteroatoms. The van der Waals surface area contributed by atoms with E-state index in [4.69, 9.17) is 9.47 Å². The predicted octanol–water partition coefficient (Wildman–Crippen LogP) is 2.54. The van der Waals surface area contributed by atoms with Crippen molar-refractivity contribution in [3.8, 4) is 11.5 Å². The van der Waals surface area contributed by atoms with E-state index in [9.17, 15) is 14.7 Å². The van der Waals surface area contributed by atoms with Gasteiger partial charge in [0, 0.05) is 19.6 Å². The molecule has 0 radical (unpaired) electrons. The number of aromatic nitrogens is 2. The number of ether oxygens (including phenoxy) is 2. The van der Waals surface area contributed by atoms with Crippen LogP contribution in [0.1, 0.15) is 19.8 Å². The highest BCUT2D eigenvalue weighted by molar-refractivity contribution is 5.89. The summed E-state index contributed by atoms with van der Waals surface area (Å²) in [7, 11) is 1.62. The first-order chi connectivity index (χ1) is 17.0. The van der Waals surface area contributed by atoms with Gasteiger partial charge in [0.15, 0.2) is 0 Å². The molecule has 0 saturated carbocycles. The molecule has 4 rings (SSSR count). The van der Waals surface area contributed by atoms with Crippen molar-refractivity contribution in [2.45, 2.75) is 32.4 Å². The molecule has 1 aliphatic heterocycles. The van der Waals surface area contributed by atoms with Gasteiger partial charge in [0.25, 0.3) is 0 Å². The smallest absolute Gasteiger partial charge is 0.337 e. The average molecular weight is 483 g/mol. The highest BCUT2D eigenvalue weighted by Crippen LogP contribution is 2.19. The maximum atomic E-state index is 12.9. The Labute approximate surface area is 204 Å². The van der Waals surface area contributed by atoms with Gasteiger partial charge in [-0.1, -0.05) is 12.1 Å². The quantitative estimate of drug-likeness (QED) is 0.487. The van der Waals surface area contributed by atoms with E-state index in [0.29, 0.717) is 36.8 Å². The Balaban J connectivity index is 1.22. The van der Waals surface area contributed by atoms with Crippen molar-refractivity contribution in [2.24, 2.45) is 5.92 Å². The number of likely N-dealkylation sites (tertiary alicyclic amines) is 1. The van der Waals surface area contributed by atoms with Crippen molar-refractivity contribution in [1.82, 2.24) is 19.4 Å². The van der Waals surface area contributed by atoms with Crippen molar-refractivity contribution < 1.29 is 19.4 Å². The summed E-state index contributed by atoms with van der Waals surface area (Å²) in [5.41, 5.74) is 1.07. The van der Waals surface area contributed by atoms with E-state index in [1.165, 1.54) is 4.57 Å². The van der Waals surface area contributed by atoms with E-state index >= 15 is 0 Å². The van der Waals surface area contributed by atoms with Crippen LogP contribution in [0.5, 0.6) is 11.5 Å². The standard InChI is InChI=1S/C26H34N4O5/c1-3-29-23-6-4-5-7-24(23)30(26(29)33)25(32)27-16-19-12-14-28(15-13-19)17-20(31)18-35-22-10-8-21(34-2)9-11-22/h4-11,19-20,31H,3,12-18H2,1-2H3,(H,27,32). The molecule has 2 heterocycles. The van der Waals surface area contributed by atoms with E-state index < -0.39 is 6.10 Å². The lowest BCUT2D eigenvalue weighted by Crippen LogP contribution is -2.44. The third-order valence-corrected chi connectivity index (χ3v) is 6.57. The van der Waals surface area contributed by atoms with Crippen LogP contribution in [0, 0.1) is 5.92 Å². The van der Waals surface area contributed by atoms with E-state index in [1.807, 2.05) is 49.4 Å². The molecule has 1 atom stereocenters. The molecule has 1 saturated heterocycles. The second-order valence-corrected chi connectivity index (χ2v) is 8.92. The molecule has 0 spiro atoms. The minimum atomic E-state index is -0.587. The molecule has 2 N–H and O–H groups in total. The summed E-state index contributed by atoms with van der Waals surface area (Å²) >= 11 is 0. The molecule has 0 aliphatic carbocycles. The topological polar surface area (TPSA) is 98.0 Å². The van der Waals surface area contributed by atoms with Gasteiger partial charge in [0.1, 0.15) is 24.2 Å². The Hall–Kier alpha value is -3.30. The number of carbonyl (C=O) groups is 1. The summed E-state index contributed by atoms with van der Waals surface area (Å²) in [6, 6.07) is 14.3. The van der Waals surface area contributed by atoms with Gasteiger partial charge in [-0.2, -0.15) is 0 Å². The van der Waals surface area contributed by atoms with Gasteiger partial charge < -0.3 is 24.8 Å². The van der Waals surface area contributed by atoms with Gasteiger partial charge >= 0.3 is 11.7 Å². The molecule has 2 aromatic carbocycles. The fourth-order valence-electron chi connectivity index (χ4n) is 4.61. The zero-order valence-electron chi connectivity index (χ0n) is 20.4. The molecule has 1 amide bonds. The third kappa shape index (κ3) is 5.86. The lowest BCUT2D eigenvalue weighted by atomic mass is 9.96. The fraction of sp³-hybridized carbons (Fsp3) is 0.462. The highest BCUT2D eigenvalue weighted by atomic mass is 16.5. The number of piperidine rings is 1. The molecule has 1 aliphatic rings. The summed E-state index contributed by atoms with van der Waals surface area (Å²) in [4.78, 5) is 27.8. The van der Waals surface area contributed by atoms with Crippen LogP contribution in [0.4, 0.5) is 4.79 Å². The van der Waals surface area contributed by atoms with Gasteiger partial charge in [0.2, 0.25) is 0 Å². The van der Waals surface area contributed by atoms with Crippen LogP contribution in [-0.2, 0) is 6.54 Å². The minimum Gasteiger partial charge on any atom is -0.497 e. The first-order valence-electron chi connectivity index (χ1n) is 12.2. The van der Waals surface area contributed by atoms with Gasteiger partial charge in [-0.05, 0) is 75.2 Å². The van der Waals surface area contributed by atoms with Crippen molar-refractivity contribution in [3.63, 3.8) is 0 Å². The van der Waals surface area contributed by atoms with E-state index in [-0.39, 0.29) is 18.3 Å². The van der Waals surface area contributed by atoms with Gasteiger partial charge in [-0.25, -0.2) is 14.2 Å². The molecule has 1 fully saturated rings. The van der Waals surface area contributed by atoms with Crippen LogP contribution in [0.2, 0.25) is 0 Å². The van der Waals surface area contributed by atoms with Gasteiger partial charge in [-0.3, -0.25) is 4.57 Å². The number of aliphatic hydroxyl groups is 1. The number of amides is 1. The second kappa shape index (κ2) is 11.4. The molecule has 35 heavy (non-hydrogen) atoms. The first kappa shape index (κ1) is 24.8. The molecule has 0 bridgehead atoms. The normalized spacial score (nSPS) is 15.7. The van der Waals surface area contributed by atoms with E-state index in [1.54, 1.807) is 17.7 Å². The number of rotatable bonds is 9. The fourth-order valence-corrected chi connectivity index (χ4v) is 4.61. The average Bonchev–Trinajstić information content (AvgIpc) is 3.18. The number of hydrogen-bond acceptors (Lipinski definition) is 6. The number of nitrogens with zero attached hydrogens (tertiary/aromatic N) is 3. The number of aryl methyl sites for hydroxylation is 1. The Morgan fingerprint density at radius 2 is 1.74 bits per heavy atom. The summed E-state index contributed by atoms with van der Waals surface area (Å²) in [5.74, 6) is 1.79. The number of aliphatic hydroxyl groups excluding tert-OH is 1. The maximum Gasteiger partial charge on any atom is 0.337 e. The van der Waals surface area contributed by atoms with Crippen LogP contribution in [-0.4, -0.2) is 71.2 Å². The first-order valence-corrected chi connectivity index (χ1v) is 12.2. The van der Waals surface area contributed by atoms with Crippen molar-refractivity contribution in [1.29, 1.82) is 0 Å². The maximum absolute atomic E-state index is 12.9. The van der Waals surface area contributed by atoms with E-state index in [2.05, 4.69) is 10.2 Å². The highest BCUT2D eigenvalue weighted by Gasteiger charge is 2.23. The largest absolute Gasteiger partial charge is 0.497 e. The van der Waals surface area contributed by atoms with Crippen LogP contribution in [0.15, 0.2) is 53.3 Å². The number of para-hydroxylation sites is 2. The number of β-amino-alcohol motifs (C(OH)–C–C–N with tert-alkyl or cyclic N) is 1. The Kier molecular flexibility index (Phi) is 8.09. The Morgan fingerprint density at radius 1 is 1.09 bits per heavy atom. The zero-order valence-corrected chi connectivity index (χ0v) is 20.4. The van der Waals surface area contributed by atoms with Gasteiger partial charge in [0.05, 0.1) is 18.1 Å². The van der Waals surface area contributed by atoms with Crippen LogP contribution >= 0.6 is 0 Å². The SMILES string of the molecule is CCn1c(=O)n(C(=O)NCC2CCN(CC(O)COc3ccc(OC)cc3)CC2)c2ccccc21. The number of hydrogen-bond donors (Lipinski definition) is 2. The van der Waals surface area contributed by atoms with Crippen LogP contribution in [0.3, 0.4) is 0 Å². The molecule has 188 valence electrons. The Morgan fingerprint density at radius 3 is 2.40 bits per heavy atom. The monoisotopic (exact) mass is 482 g/mol. The molecule has 1 unspecified atom stereocenters. The summed E-state index contributed by atoms with van der Waals surface area (Å²) in [5, 5.41) is 13.3. The number of fused-ring (bicyclic) bond motifs is 1. The van der Waals surface area contributed by atoms with E-state index in [0.717, 1.165) is 37.2 Å². The zero-order chi connectivity index (χ0) is 24.8. The number of carbonyl (C=O) groups excluding carboxylic acids is 1. The molecular formula is C26H34N4O5. The van der Waals surface area contributed by atoms with Crippen LogP contribution in [0.25, 0.3) is 11.0 Å². The molecule has 9 nitrogen and oxygen atoms in total. The Bertz CT molecular complexity index is 1180. The predicted molar refractivity (Wildman–Crippen MR) is 134 cm³/mol. The van der Waals surface area contributed by atoms with Gasteiger partial charge in [-0.15, -0.1) is 0 Å². The lowest BCUT2D eigenvalue weighted by Gasteiger charge is -2.33. The number of imidazole rings is 1. The van der Waals surface area contributed by atoms with Crippen molar-refractivity contribution >= 4 is 17.1 Å². The minimum absolute atomic E-state index is 0.225. The second-order valence-electron chi connectivity index (χ2n) is 8.92. The summed E-state index contributed by atoms with van der Waals surface area (Å²) in [6.45, 7) is 5.38. The van der Waals surface area contributed by atoms with Crippen molar-refractivity contribution in [3.05, 3.63) is 59.0 Å².